The molecule has 0 aliphatic heterocycles. The summed E-state index contributed by atoms with van der Waals surface area (Å²) in [6.07, 6.45) is 0.368. The minimum Gasteiger partial charge on any atom is -0.492 e. The Balaban J connectivity index is 1.80. The lowest BCUT2D eigenvalue weighted by molar-refractivity contribution is -0.155. The van der Waals surface area contributed by atoms with Gasteiger partial charge in [-0.2, -0.15) is 0 Å². The van der Waals surface area contributed by atoms with Crippen LogP contribution in [0, 0.1) is 0 Å². The van der Waals surface area contributed by atoms with Gasteiger partial charge in [-0.3, -0.25) is 9.59 Å². The number of aldehydes is 1. The van der Waals surface area contributed by atoms with Crippen molar-refractivity contribution in [2.75, 3.05) is 11.9 Å². The lowest BCUT2D eigenvalue weighted by Gasteiger charge is -2.21. The normalized spacial score (nSPS) is 12.5. The number of anilines is 1. The second kappa shape index (κ2) is 12.2. The van der Waals surface area contributed by atoms with Crippen LogP contribution in [-0.4, -0.2) is 44.8 Å². The van der Waals surface area contributed by atoms with Gasteiger partial charge < -0.3 is 19.6 Å². The highest BCUT2D eigenvalue weighted by molar-refractivity contribution is 7.89. The van der Waals surface area contributed by atoms with Crippen LogP contribution < -0.4 is 14.8 Å². The van der Waals surface area contributed by atoms with Crippen LogP contribution in [0.4, 0.5) is 5.69 Å². The van der Waals surface area contributed by atoms with Crippen LogP contribution in [0.5, 0.6) is 5.75 Å². The summed E-state index contributed by atoms with van der Waals surface area (Å²) in [5.74, 6) is -1.06. The Kier molecular flexibility index (Phi) is 9.24. The van der Waals surface area contributed by atoms with Crippen molar-refractivity contribution < 1.29 is 32.3 Å². The molecule has 0 aromatic heterocycles. The third-order valence-electron chi connectivity index (χ3n) is 5.29. The van der Waals surface area contributed by atoms with E-state index >= 15 is 0 Å². The van der Waals surface area contributed by atoms with Gasteiger partial charge in [0.05, 0.1) is 19.1 Å². The average Bonchev–Trinajstić information content (AvgIpc) is 2.82. The van der Waals surface area contributed by atoms with E-state index in [1.54, 1.807) is 20.8 Å². The molecule has 3 rings (SSSR count). The number of fused-ring (bicyclic) bond motifs is 1. The van der Waals surface area contributed by atoms with Gasteiger partial charge in [-0.25, -0.2) is 13.1 Å². The van der Waals surface area contributed by atoms with Gasteiger partial charge in [0.15, 0.2) is 0 Å². The lowest BCUT2D eigenvalue weighted by Crippen LogP contribution is -2.39. The average molecular weight is 541 g/mol. The van der Waals surface area contributed by atoms with E-state index in [1.807, 2.05) is 42.5 Å². The predicted octanol–water partition coefficient (Wildman–Crippen LogP) is 4.00. The molecule has 38 heavy (non-hydrogen) atoms. The largest absolute Gasteiger partial charge is 0.492 e. The molecule has 3 aromatic carbocycles. The molecule has 0 bridgehead atoms. The molecule has 10 heteroatoms. The van der Waals surface area contributed by atoms with Crippen LogP contribution in [0.15, 0.2) is 65.6 Å². The van der Waals surface area contributed by atoms with E-state index in [0.29, 0.717) is 18.4 Å². The maximum Gasteiger partial charge on any atom is 0.308 e. The number of carbonyl (C=O) groups excluding carboxylic acids is 3. The number of benzene rings is 3. The van der Waals surface area contributed by atoms with Crippen LogP contribution in [0.25, 0.3) is 10.8 Å². The number of sulfonamides is 1. The highest BCUT2D eigenvalue weighted by atomic mass is 32.2. The van der Waals surface area contributed by atoms with Crippen molar-refractivity contribution >= 4 is 44.6 Å². The number of carbonyl (C=O) groups is 3. The van der Waals surface area contributed by atoms with Gasteiger partial charge in [-0.05, 0) is 49.2 Å². The topological polar surface area (TPSA) is 128 Å². The third-order valence-corrected chi connectivity index (χ3v) is 6.82. The quantitative estimate of drug-likeness (QED) is 0.278. The van der Waals surface area contributed by atoms with Gasteiger partial charge >= 0.3 is 5.97 Å². The summed E-state index contributed by atoms with van der Waals surface area (Å²) < 4.78 is 39.7. The smallest absolute Gasteiger partial charge is 0.308 e. The second-order valence-electron chi connectivity index (χ2n) is 9.78. The fourth-order valence-electron chi connectivity index (χ4n) is 3.74. The molecule has 0 radical (unpaired) electrons. The highest BCUT2D eigenvalue weighted by Crippen LogP contribution is 2.28. The molecule has 1 unspecified atom stereocenters. The summed E-state index contributed by atoms with van der Waals surface area (Å²) in [4.78, 5) is 35.0. The summed E-state index contributed by atoms with van der Waals surface area (Å²) in [6.45, 7) is 6.49. The first-order valence-electron chi connectivity index (χ1n) is 12.1. The van der Waals surface area contributed by atoms with Crippen molar-refractivity contribution in [2.45, 2.75) is 57.1 Å². The van der Waals surface area contributed by atoms with Gasteiger partial charge in [-0.1, -0.05) is 42.5 Å². The predicted molar refractivity (Wildman–Crippen MR) is 145 cm³/mol. The fourth-order valence-corrected chi connectivity index (χ4v) is 5.03. The molecule has 3 aromatic rings. The Hall–Kier alpha value is -3.76. The number of esters is 1. The first-order chi connectivity index (χ1) is 17.9. The number of hydrogen-bond acceptors (Lipinski definition) is 7. The summed E-state index contributed by atoms with van der Waals surface area (Å²) >= 11 is 0. The van der Waals surface area contributed by atoms with Gasteiger partial charge in [-0.15, -0.1) is 0 Å². The molecule has 202 valence electrons. The summed E-state index contributed by atoms with van der Waals surface area (Å²) in [6, 6.07) is 16.7. The molecule has 0 aliphatic carbocycles. The first kappa shape index (κ1) is 28.8. The Bertz CT molecular complexity index is 1430. The van der Waals surface area contributed by atoms with E-state index in [1.165, 1.54) is 25.1 Å². The van der Waals surface area contributed by atoms with Crippen LogP contribution in [0.1, 0.15) is 39.7 Å². The fraction of sp³-hybridized carbons (Fsp3) is 0.321. The Morgan fingerprint density at radius 1 is 1.00 bits per heavy atom. The second-order valence-corrected chi connectivity index (χ2v) is 11.5. The maximum absolute atomic E-state index is 13.2. The van der Waals surface area contributed by atoms with Crippen LogP contribution in [-0.2, 0) is 35.6 Å². The van der Waals surface area contributed by atoms with E-state index in [4.69, 9.17) is 9.47 Å². The van der Waals surface area contributed by atoms with Gasteiger partial charge in [0.2, 0.25) is 15.9 Å². The number of rotatable bonds is 11. The van der Waals surface area contributed by atoms with Crippen LogP contribution in [0.3, 0.4) is 0 Å². The molecule has 0 saturated heterocycles. The third kappa shape index (κ3) is 8.39. The highest BCUT2D eigenvalue weighted by Gasteiger charge is 2.27. The summed E-state index contributed by atoms with van der Waals surface area (Å²) in [7, 11) is -4.29. The van der Waals surface area contributed by atoms with E-state index in [-0.39, 0.29) is 23.2 Å². The molecule has 0 fully saturated rings. The van der Waals surface area contributed by atoms with Crippen molar-refractivity contribution in [1.29, 1.82) is 0 Å². The maximum atomic E-state index is 13.2. The molecule has 0 aliphatic rings. The first-order valence-corrected chi connectivity index (χ1v) is 13.6. The van der Waals surface area contributed by atoms with E-state index in [9.17, 15) is 22.8 Å². The van der Waals surface area contributed by atoms with Gasteiger partial charge in [0.25, 0.3) is 0 Å². The standard InChI is InChI=1S/C28H32N2O7S/c1-19(32)29-23-11-12-26(38(34,35)30-24(18-31)17-27(33)37-28(2,3)4)25(16-23)36-14-13-20-9-10-21-7-5-6-8-22(21)15-20/h5-12,15-16,18,24,30H,13-14,17H2,1-4H3,(H,29,32). The summed E-state index contributed by atoms with van der Waals surface area (Å²) in [5.41, 5.74) is 0.565. The van der Waals surface area contributed by atoms with Crippen molar-refractivity contribution in [3.8, 4) is 5.75 Å². The molecule has 1 amide bonds. The minimum atomic E-state index is -4.29. The van der Waals surface area contributed by atoms with E-state index in [0.717, 1.165) is 16.3 Å². The van der Waals surface area contributed by atoms with Crippen molar-refractivity contribution in [2.24, 2.45) is 0 Å². The summed E-state index contributed by atoms with van der Waals surface area (Å²) in [5, 5.41) is 4.79. The van der Waals surface area contributed by atoms with E-state index in [2.05, 4.69) is 10.0 Å². The Morgan fingerprint density at radius 3 is 2.37 bits per heavy atom. The molecule has 2 N–H and O–H groups in total. The molecular formula is C28H32N2O7S. The van der Waals surface area contributed by atoms with Crippen molar-refractivity contribution in [3.63, 3.8) is 0 Å². The number of ether oxygens (including phenoxy) is 2. The number of nitrogens with one attached hydrogen (secondary N) is 2. The molecule has 0 spiro atoms. The lowest BCUT2D eigenvalue weighted by atomic mass is 10.1. The number of hydrogen-bond donors (Lipinski definition) is 2. The number of amides is 1. The monoisotopic (exact) mass is 540 g/mol. The minimum absolute atomic E-state index is 0.00791. The zero-order chi connectivity index (χ0) is 27.9. The molecule has 0 saturated carbocycles. The molecule has 0 heterocycles. The van der Waals surface area contributed by atoms with Crippen LogP contribution >= 0.6 is 0 Å². The zero-order valence-corrected chi connectivity index (χ0v) is 22.6. The zero-order valence-electron chi connectivity index (χ0n) is 21.8. The Labute approximate surface area is 222 Å². The SMILES string of the molecule is CC(=O)Nc1ccc(S(=O)(=O)NC(C=O)CC(=O)OC(C)(C)C)c(OCCc2ccc3ccccc3c2)c1. The van der Waals surface area contributed by atoms with E-state index < -0.39 is 34.1 Å². The van der Waals surface area contributed by atoms with Crippen molar-refractivity contribution in [1.82, 2.24) is 4.72 Å². The van der Waals surface area contributed by atoms with Gasteiger partial charge in [0.1, 0.15) is 22.5 Å². The molecule has 9 nitrogen and oxygen atoms in total. The molecular weight excluding hydrogens is 508 g/mol. The Morgan fingerprint density at radius 2 is 1.71 bits per heavy atom. The van der Waals surface area contributed by atoms with Gasteiger partial charge in [0, 0.05) is 25.1 Å². The van der Waals surface area contributed by atoms with Crippen molar-refractivity contribution in [3.05, 3.63) is 66.2 Å². The molecule has 1 atom stereocenters. The van der Waals surface area contributed by atoms with Crippen LogP contribution in [0.2, 0.25) is 0 Å².